The number of hydrogen-bond acceptors (Lipinski definition) is 8. The number of nitrogens with one attached hydrogen (secondary N) is 1. The van der Waals surface area contributed by atoms with E-state index >= 15 is 0 Å². The predicted molar refractivity (Wildman–Crippen MR) is 144 cm³/mol. The molecule has 0 aliphatic carbocycles. The van der Waals surface area contributed by atoms with Crippen molar-refractivity contribution in [1.82, 2.24) is 24.4 Å². The first-order valence-corrected chi connectivity index (χ1v) is 12.2. The van der Waals surface area contributed by atoms with Crippen molar-refractivity contribution in [2.45, 2.75) is 13.8 Å². The number of hydrogen-bond donors (Lipinski definition) is 1. The van der Waals surface area contributed by atoms with E-state index in [2.05, 4.69) is 26.3 Å². The maximum atomic E-state index is 11.7. The average Bonchev–Trinajstić information content (AvgIpc) is 3.29. The fraction of sp³-hybridized carbons (Fsp3) is 0.333. The van der Waals surface area contributed by atoms with Crippen LogP contribution in [0.15, 0.2) is 42.9 Å². The van der Waals surface area contributed by atoms with Gasteiger partial charge in [0, 0.05) is 64.0 Å². The number of ether oxygens (including phenoxy) is 2. The number of amides is 1. The monoisotopic (exact) mass is 501 g/mol. The molecule has 1 N–H and O–H groups in total. The molecule has 0 unspecified atom stereocenters. The number of imidazole rings is 1. The second-order valence-electron chi connectivity index (χ2n) is 9.13. The Bertz CT molecular complexity index is 1460. The molecule has 37 heavy (non-hydrogen) atoms. The molecule has 4 aromatic rings. The first kappa shape index (κ1) is 24.4. The maximum absolute atomic E-state index is 11.7. The van der Waals surface area contributed by atoms with Crippen molar-refractivity contribution < 1.29 is 14.3 Å². The van der Waals surface area contributed by atoms with Gasteiger partial charge in [0.15, 0.2) is 0 Å². The number of aryl methyl sites for hydroxylation is 2. The first-order chi connectivity index (χ1) is 17.9. The third kappa shape index (κ3) is 4.74. The summed E-state index contributed by atoms with van der Waals surface area (Å²) in [6.07, 6.45) is 3.61. The molecule has 10 nitrogen and oxygen atoms in total. The molecule has 1 fully saturated rings. The van der Waals surface area contributed by atoms with Gasteiger partial charge in [-0.05, 0) is 24.6 Å². The lowest BCUT2D eigenvalue weighted by Gasteiger charge is -2.36. The molecule has 5 rings (SSSR count). The highest BCUT2D eigenvalue weighted by Gasteiger charge is 2.23. The van der Waals surface area contributed by atoms with Crippen molar-refractivity contribution in [2.75, 3.05) is 50.6 Å². The summed E-state index contributed by atoms with van der Waals surface area (Å²) in [4.78, 5) is 29.6. The van der Waals surface area contributed by atoms with E-state index in [4.69, 9.17) is 14.5 Å². The fourth-order valence-corrected chi connectivity index (χ4v) is 4.69. The van der Waals surface area contributed by atoms with E-state index in [0.29, 0.717) is 36.2 Å². The Morgan fingerprint density at radius 1 is 1.00 bits per heavy atom. The van der Waals surface area contributed by atoms with Gasteiger partial charge in [0.2, 0.25) is 11.9 Å². The minimum Gasteiger partial charge on any atom is -0.494 e. The Labute approximate surface area is 215 Å². The third-order valence-electron chi connectivity index (χ3n) is 6.78. The number of nitrogens with zero attached hydrogens (tertiary/aromatic N) is 6. The van der Waals surface area contributed by atoms with Crippen LogP contribution < -0.4 is 19.7 Å². The summed E-state index contributed by atoms with van der Waals surface area (Å²) in [7, 11) is 5.26. The number of carbonyl (C=O) groups excluding carboxylic acids is 1. The van der Waals surface area contributed by atoms with E-state index in [1.165, 1.54) is 0 Å². The average molecular weight is 502 g/mol. The van der Waals surface area contributed by atoms with Crippen LogP contribution in [0.5, 0.6) is 11.5 Å². The SMILES string of the molecule is COc1cc(N2CCN(C(C)=O)CC2)c(OC)cc1Nc1ncc(C)c(-c2ccc3c(c2)ncn3C)n1. The van der Waals surface area contributed by atoms with Crippen molar-refractivity contribution in [3.63, 3.8) is 0 Å². The van der Waals surface area contributed by atoms with E-state index in [1.54, 1.807) is 33.7 Å². The van der Waals surface area contributed by atoms with Crippen LogP contribution in [0.4, 0.5) is 17.3 Å². The molecule has 1 saturated heterocycles. The molecule has 0 radical (unpaired) electrons. The number of carbonyl (C=O) groups is 1. The van der Waals surface area contributed by atoms with Crippen LogP contribution in [0.25, 0.3) is 22.3 Å². The van der Waals surface area contributed by atoms with Crippen LogP contribution in [-0.4, -0.2) is 70.7 Å². The van der Waals surface area contributed by atoms with E-state index in [9.17, 15) is 4.79 Å². The summed E-state index contributed by atoms with van der Waals surface area (Å²) in [5.41, 5.74) is 6.36. The molecular weight excluding hydrogens is 470 g/mol. The third-order valence-corrected chi connectivity index (χ3v) is 6.78. The Hall–Kier alpha value is -4.34. The van der Waals surface area contributed by atoms with E-state index in [0.717, 1.165) is 46.6 Å². The van der Waals surface area contributed by atoms with Gasteiger partial charge in [0.25, 0.3) is 0 Å². The van der Waals surface area contributed by atoms with Crippen molar-refractivity contribution in [3.05, 3.63) is 48.4 Å². The van der Waals surface area contributed by atoms with Crippen LogP contribution in [0.3, 0.4) is 0 Å². The molecule has 0 saturated carbocycles. The molecule has 10 heteroatoms. The summed E-state index contributed by atoms with van der Waals surface area (Å²) in [6, 6.07) is 9.99. The summed E-state index contributed by atoms with van der Waals surface area (Å²) < 4.78 is 13.5. The Kier molecular flexibility index (Phi) is 6.56. The van der Waals surface area contributed by atoms with E-state index in [1.807, 2.05) is 47.7 Å². The van der Waals surface area contributed by atoms with Gasteiger partial charge in [-0.25, -0.2) is 15.0 Å². The lowest BCUT2D eigenvalue weighted by molar-refractivity contribution is -0.129. The fourth-order valence-electron chi connectivity index (χ4n) is 4.69. The largest absolute Gasteiger partial charge is 0.494 e. The molecule has 0 bridgehead atoms. The number of benzene rings is 2. The lowest BCUT2D eigenvalue weighted by Crippen LogP contribution is -2.48. The lowest BCUT2D eigenvalue weighted by atomic mass is 10.1. The number of methoxy groups -OCH3 is 2. The van der Waals surface area contributed by atoms with Gasteiger partial charge in [-0.1, -0.05) is 6.07 Å². The summed E-state index contributed by atoms with van der Waals surface area (Å²) in [6.45, 7) is 6.38. The quantitative estimate of drug-likeness (QED) is 0.427. The van der Waals surface area contributed by atoms with Gasteiger partial charge in [-0.15, -0.1) is 0 Å². The van der Waals surface area contributed by atoms with Crippen LogP contribution in [-0.2, 0) is 11.8 Å². The van der Waals surface area contributed by atoms with Crippen molar-refractivity contribution in [1.29, 1.82) is 0 Å². The predicted octanol–water partition coefficient (Wildman–Crippen LogP) is 3.77. The smallest absolute Gasteiger partial charge is 0.227 e. The molecule has 1 amide bonds. The van der Waals surface area contributed by atoms with Crippen molar-refractivity contribution >= 4 is 34.3 Å². The van der Waals surface area contributed by atoms with E-state index in [-0.39, 0.29) is 5.91 Å². The zero-order valence-corrected chi connectivity index (χ0v) is 21.8. The van der Waals surface area contributed by atoms with Crippen molar-refractivity contribution in [3.8, 4) is 22.8 Å². The molecular formula is C27H31N7O3. The molecule has 2 aromatic heterocycles. The number of fused-ring (bicyclic) bond motifs is 1. The highest BCUT2D eigenvalue weighted by atomic mass is 16.5. The molecule has 1 aliphatic heterocycles. The van der Waals surface area contributed by atoms with Crippen molar-refractivity contribution in [2.24, 2.45) is 7.05 Å². The Morgan fingerprint density at radius 3 is 2.46 bits per heavy atom. The minimum atomic E-state index is 0.0983. The zero-order chi connectivity index (χ0) is 26.1. The molecule has 192 valence electrons. The van der Waals surface area contributed by atoms with Crippen LogP contribution in [0.1, 0.15) is 12.5 Å². The summed E-state index contributed by atoms with van der Waals surface area (Å²) in [5.74, 6) is 1.89. The minimum absolute atomic E-state index is 0.0983. The number of aromatic nitrogens is 4. The molecule has 0 spiro atoms. The van der Waals surface area contributed by atoms with Crippen LogP contribution in [0.2, 0.25) is 0 Å². The number of rotatable bonds is 6. The Balaban J connectivity index is 1.44. The topological polar surface area (TPSA) is 97.6 Å². The van der Waals surface area contributed by atoms with Gasteiger partial charge in [0.1, 0.15) is 11.5 Å². The highest BCUT2D eigenvalue weighted by Crippen LogP contribution is 2.40. The van der Waals surface area contributed by atoms with Gasteiger partial charge in [-0.3, -0.25) is 4.79 Å². The number of piperazine rings is 1. The first-order valence-electron chi connectivity index (χ1n) is 12.2. The van der Waals surface area contributed by atoms with Crippen LogP contribution in [0, 0.1) is 6.92 Å². The standard InChI is InChI=1S/C27H31N7O3/c1-17-15-28-27(31-26(17)19-6-7-22-20(12-19)29-16-32(22)3)30-21-13-25(37-5)23(14-24(21)36-4)34-10-8-33(9-11-34)18(2)35/h6-7,12-16H,8-11H2,1-5H3,(H,28,30,31). The normalized spacial score (nSPS) is 13.6. The van der Waals surface area contributed by atoms with Crippen LogP contribution >= 0.6 is 0 Å². The maximum Gasteiger partial charge on any atom is 0.227 e. The molecule has 3 heterocycles. The molecule has 0 atom stereocenters. The van der Waals surface area contributed by atoms with Gasteiger partial charge in [0.05, 0.1) is 48.6 Å². The van der Waals surface area contributed by atoms with Gasteiger partial charge in [-0.2, -0.15) is 0 Å². The Morgan fingerprint density at radius 2 is 1.76 bits per heavy atom. The zero-order valence-electron chi connectivity index (χ0n) is 21.8. The second-order valence-corrected chi connectivity index (χ2v) is 9.13. The second kappa shape index (κ2) is 9.96. The van der Waals surface area contributed by atoms with Gasteiger partial charge >= 0.3 is 0 Å². The molecule has 2 aromatic carbocycles. The highest BCUT2D eigenvalue weighted by molar-refractivity contribution is 5.82. The number of anilines is 3. The van der Waals surface area contributed by atoms with Gasteiger partial charge < -0.3 is 29.2 Å². The summed E-state index contributed by atoms with van der Waals surface area (Å²) in [5, 5.41) is 3.31. The molecule has 1 aliphatic rings. The van der Waals surface area contributed by atoms with E-state index < -0.39 is 0 Å². The summed E-state index contributed by atoms with van der Waals surface area (Å²) >= 11 is 0.